The van der Waals surface area contributed by atoms with Crippen molar-refractivity contribution in [3.63, 3.8) is 0 Å². The van der Waals surface area contributed by atoms with Crippen LogP contribution in [-0.4, -0.2) is 41.9 Å². The largest absolute Gasteiger partial charge is 0.371 e. The number of hydrogen-bond donors (Lipinski definition) is 2. The lowest BCUT2D eigenvalue weighted by Crippen LogP contribution is -2.25. The summed E-state index contributed by atoms with van der Waals surface area (Å²) in [4.78, 5) is 4.85. The second kappa shape index (κ2) is 6.92. The molecule has 0 amide bonds. The quantitative estimate of drug-likeness (QED) is 0.840. The normalized spacial score (nSPS) is 16.5. The van der Waals surface area contributed by atoms with Gasteiger partial charge in [0.1, 0.15) is 0 Å². The van der Waals surface area contributed by atoms with Crippen molar-refractivity contribution in [3.8, 4) is 0 Å². The molecule has 0 aliphatic heterocycles. The average Bonchev–Trinajstić information content (AvgIpc) is 2.98. The molecule has 1 aliphatic carbocycles. The number of nitrogens with zero attached hydrogens (tertiary/aromatic N) is 3. The SMILES string of the molecule is CNc1nn2c(C)c(CCN)c(C)nc2c1S(=O)(=O)C1CCCCC1. The number of fused-ring (bicyclic) bond motifs is 1. The third-order valence-corrected chi connectivity index (χ3v) is 7.48. The third-order valence-electron chi connectivity index (χ3n) is 5.19. The molecule has 0 aromatic carbocycles. The van der Waals surface area contributed by atoms with Gasteiger partial charge in [-0.2, -0.15) is 0 Å². The van der Waals surface area contributed by atoms with Crippen molar-refractivity contribution >= 4 is 21.3 Å². The van der Waals surface area contributed by atoms with Crippen LogP contribution < -0.4 is 11.1 Å². The molecule has 8 heteroatoms. The van der Waals surface area contributed by atoms with E-state index in [0.29, 0.717) is 37.3 Å². The predicted octanol–water partition coefficient (Wildman–Crippen LogP) is 2.00. The predicted molar refractivity (Wildman–Crippen MR) is 98.8 cm³/mol. The van der Waals surface area contributed by atoms with Crippen LogP contribution in [0.3, 0.4) is 0 Å². The van der Waals surface area contributed by atoms with Gasteiger partial charge in [-0.3, -0.25) is 0 Å². The van der Waals surface area contributed by atoms with E-state index in [4.69, 9.17) is 5.73 Å². The van der Waals surface area contributed by atoms with Crippen LogP contribution >= 0.6 is 0 Å². The summed E-state index contributed by atoms with van der Waals surface area (Å²) in [5.74, 6) is 0.380. The fourth-order valence-corrected chi connectivity index (χ4v) is 5.90. The maximum atomic E-state index is 13.3. The maximum absolute atomic E-state index is 13.3. The fraction of sp³-hybridized carbons (Fsp3) is 0.647. The molecule has 0 saturated heterocycles. The molecule has 2 aromatic rings. The first-order chi connectivity index (χ1) is 11.9. The molecule has 2 heterocycles. The molecule has 2 aromatic heterocycles. The van der Waals surface area contributed by atoms with Crippen molar-refractivity contribution < 1.29 is 8.42 Å². The van der Waals surface area contributed by atoms with Gasteiger partial charge in [0.15, 0.2) is 26.2 Å². The summed E-state index contributed by atoms with van der Waals surface area (Å²) in [6.45, 7) is 4.36. The van der Waals surface area contributed by atoms with E-state index in [1.165, 1.54) is 0 Å². The van der Waals surface area contributed by atoms with Crippen molar-refractivity contribution in [1.29, 1.82) is 0 Å². The van der Waals surface area contributed by atoms with Crippen LogP contribution in [-0.2, 0) is 16.3 Å². The molecule has 1 saturated carbocycles. The van der Waals surface area contributed by atoms with Gasteiger partial charge in [0.05, 0.1) is 5.25 Å². The van der Waals surface area contributed by atoms with E-state index in [9.17, 15) is 8.42 Å². The lowest BCUT2D eigenvalue weighted by molar-refractivity contribution is 0.484. The van der Waals surface area contributed by atoms with Gasteiger partial charge < -0.3 is 11.1 Å². The zero-order valence-corrected chi connectivity index (χ0v) is 16.0. The van der Waals surface area contributed by atoms with Crippen molar-refractivity contribution in [1.82, 2.24) is 14.6 Å². The van der Waals surface area contributed by atoms with E-state index in [-0.39, 0.29) is 10.1 Å². The van der Waals surface area contributed by atoms with Gasteiger partial charge in [-0.05, 0) is 45.2 Å². The van der Waals surface area contributed by atoms with Gasteiger partial charge in [0.2, 0.25) is 0 Å². The van der Waals surface area contributed by atoms with Crippen LogP contribution in [0.25, 0.3) is 5.65 Å². The monoisotopic (exact) mass is 365 g/mol. The average molecular weight is 366 g/mol. The van der Waals surface area contributed by atoms with Crippen molar-refractivity contribution in [3.05, 3.63) is 17.0 Å². The highest BCUT2D eigenvalue weighted by Gasteiger charge is 2.35. The van der Waals surface area contributed by atoms with E-state index in [1.54, 1.807) is 11.6 Å². The molecular formula is C17H27N5O2S. The molecule has 138 valence electrons. The first kappa shape index (κ1) is 18.1. The van der Waals surface area contributed by atoms with E-state index >= 15 is 0 Å². The minimum absolute atomic E-state index is 0.243. The number of sulfone groups is 1. The molecular weight excluding hydrogens is 338 g/mol. The lowest BCUT2D eigenvalue weighted by Gasteiger charge is -2.21. The van der Waals surface area contributed by atoms with E-state index in [0.717, 1.165) is 36.2 Å². The molecule has 1 aliphatic rings. The second-order valence-electron chi connectivity index (χ2n) is 6.77. The molecule has 0 radical (unpaired) electrons. The second-order valence-corrected chi connectivity index (χ2v) is 8.93. The van der Waals surface area contributed by atoms with Crippen LogP contribution in [0, 0.1) is 13.8 Å². The Bertz CT molecular complexity index is 882. The Labute approximate surface area is 148 Å². The molecule has 0 unspecified atom stereocenters. The number of nitrogens with two attached hydrogens (primary N) is 1. The fourth-order valence-electron chi connectivity index (χ4n) is 3.82. The van der Waals surface area contributed by atoms with Crippen LogP contribution in [0.1, 0.15) is 49.1 Å². The minimum Gasteiger partial charge on any atom is -0.371 e. The van der Waals surface area contributed by atoms with Gasteiger partial charge in [0, 0.05) is 18.4 Å². The first-order valence-electron chi connectivity index (χ1n) is 8.92. The molecule has 3 rings (SSSR count). The summed E-state index contributed by atoms with van der Waals surface area (Å²) in [6.07, 6.45) is 5.16. The Hall–Kier alpha value is -1.67. The summed E-state index contributed by atoms with van der Waals surface area (Å²) < 4.78 is 28.3. The molecule has 3 N–H and O–H groups in total. The van der Waals surface area contributed by atoms with Gasteiger partial charge in [-0.15, -0.1) is 5.10 Å². The van der Waals surface area contributed by atoms with Crippen LogP contribution in [0.2, 0.25) is 0 Å². The Kier molecular flexibility index (Phi) is 5.02. The van der Waals surface area contributed by atoms with E-state index < -0.39 is 9.84 Å². The van der Waals surface area contributed by atoms with Crippen molar-refractivity contribution in [2.24, 2.45) is 5.73 Å². The number of hydrogen-bond acceptors (Lipinski definition) is 6. The number of rotatable bonds is 5. The van der Waals surface area contributed by atoms with Crippen LogP contribution in [0.5, 0.6) is 0 Å². The van der Waals surface area contributed by atoms with Crippen molar-refractivity contribution in [2.75, 3.05) is 18.9 Å². The molecule has 7 nitrogen and oxygen atoms in total. The summed E-state index contributed by atoms with van der Waals surface area (Å²) in [6, 6.07) is 0. The summed E-state index contributed by atoms with van der Waals surface area (Å²) in [5, 5.41) is 7.11. The highest BCUT2D eigenvalue weighted by molar-refractivity contribution is 7.92. The zero-order chi connectivity index (χ0) is 18.2. The zero-order valence-electron chi connectivity index (χ0n) is 15.2. The Balaban J connectivity index is 2.24. The summed E-state index contributed by atoms with van der Waals surface area (Å²) >= 11 is 0. The molecule has 1 fully saturated rings. The Morgan fingerprint density at radius 3 is 2.52 bits per heavy atom. The molecule has 0 bridgehead atoms. The highest BCUT2D eigenvalue weighted by Crippen LogP contribution is 2.34. The van der Waals surface area contributed by atoms with Crippen LogP contribution in [0.15, 0.2) is 4.90 Å². The van der Waals surface area contributed by atoms with Crippen molar-refractivity contribution in [2.45, 2.75) is 62.5 Å². The highest BCUT2D eigenvalue weighted by atomic mass is 32.2. The van der Waals surface area contributed by atoms with E-state index in [1.807, 2.05) is 13.8 Å². The molecule has 0 spiro atoms. The summed E-state index contributed by atoms with van der Waals surface area (Å²) in [5.41, 5.74) is 8.87. The first-order valence-corrected chi connectivity index (χ1v) is 10.5. The Morgan fingerprint density at radius 1 is 1.24 bits per heavy atom. The smallest absolute Gasteiger partial charge is 0.188 e. The number of aromatic nitrogens is 3. The van der Waals surface area contributed by atoms with Gasteiger partial charge in [-0.1, -0.05) is 19.3 Å². The number of anilines is 1. The number of aryl methyl sites for hydroxylation is 2. The molecule has 25 heavy (non-hydrogen) atoms. The van der Waals surface area contributed by atoms with E-state index in [2.05, 4.69) is 15.4 Å². The molecule has 0 atom stereocenters. The third kappa shape index (κ3) is 3.01. The summed E-state index contributed by atoms with van der Waals surface area (Å²) in [7, 11) is -1.78. The lowest BCUT2D eigenvalue weighted by atomic mass is 10.0. The van der Waals surface area contributed by atoms with Crippen LogP contribution in [0.4, 0.5) is 5.82 Å². The number of nitrogens with one attached hydrogen (secondary N) is 1. The van der Waals surface area contributed by atoms with Gasteiger partial charge >= 0.3 is 0 Å². The minimum atomic E-state index is -3.48. The standard InChI is InChI=1S/C17H27N5O2S/c1-11-14(9-10-18)12(2)22-17(20-11)15(16(19-3)21-22)25(23,24)13-7-5-4-6-8-13/h13H,4-10,18H2,1-3H3,(H,19,21). The maximum Gasteiger partial charge on any atom is 0.188 e. The van der Waals surface area contributed by atoms with Gasteiger partial charge in [-0.25, -0.2) is 17.9 Å². The Morgan fingerprint density at radius 2 is 1.92 bits per heavy atom. The topological polar surface area (TPSA) is 102 Å². The van der Waals surface area contributed by atoms with Gasteiger partial charge in [0.25, 0.3) is 0 Å².